The molecule has 0 spiro atoms. The third kappa shape index (κ3) is 5.29. The van der Waals surface area contributed by atoms with Crippen LogP contribution in [0.2, 0.25) is 0 Å². The molecule has 146 valence electrons. The second-order valence-electron chi connectivity index (χ2n) is 5.11. The van der Waals surface area contributed by atoms with Gasteiger partial charge in [0, 0.05) is 12.1 Å². The normalized spacial score (nSPS) is 14.8. The molecule has 0 fully saturated rings. The zero-order valence-corrected chi connectivity index (χ0v) is 12.6. The molecular formula is C13H12F6N2O5. The van der Waals surface area contributed by atoms with Crippen molar-refractivity contribution in [3.8, 4) is 0 Å². The van der Waals surface area contributed by atoms with Gasteiger partial charge in [-0.05, 0) is 17.7 Å². The molecule has 0 aliphatic heterocycles. The Hall–Kier alpha value is -2.41. The number of aliphatic hydroxyl groups excluding tert-OH is 2. The first-order valence-corrected chi connectivity index (χ1v) is 6.76. The molecule has 0 aliphatic carbocycles. The second kappa shape index (κ2) is 7.86. The summed E-state index contributed by atoms with van der Waals surface area (Å²) in [6.07, 6.45) is -13.8. The van der Waals surface area contributed by atoms with E-state index in [9.17, 15) is 46.4 Å². The molecule has 1 rings (SSSR count). The lowest BCUT2D eigenvalue weighted by Crippen LogP contribution is -2.52. The first-order valence-electron chi connectivity index (χ1n) is 6.76. The Kier molecular flexibility index (Phi) is 6.54. The van der Waals surface area contributed by atoms with Gasteiger partial charge in [0.25, 0.3) is 5.69 Å². The minimum atomic E-state index is -5.93. The Balaban J connectivity index is 3.00. The Labute approximate surface area is 141 Å². The lowest BCUT2D eigenvalue weighted by Gasteiger charge is -2.27. The molecule has 0 saturated heterocycles. The predicted octanol–water partition coefficient (Wildman–Crippen LogP) is 1.85. The summed E-state index contributed by atoms with van der Waals surface area (Å²) in [5.41, 5.74) is -0.565. The van der Waals surface area contributed by atoms with E-state index >= 15 is 0 Å². The van der Waals surface area contributed by atoms with E-state index < -0.39 is 47.9 Å². The number of hydrogen-bond donors (Lipinski definition) is 3. The van der Waals surface area contributed by atoms with Gasteiger partial charge in [-0.2, -0.15) is 26.3 Å². The topological polar surface area (TPSA) is 113 Å². The summed E-state index contributed by atoms with van der Waals surface area (Å²) in [5, 5.41) is 30.8. The minimum absolute atomic E-state index is 0.175. The maximum Gasteiger partial charge on any atom is 0.409 e. The van der Waals surface area contributed by atoms with Crippen molar-refractivity contribution in [2.45, 2.75) is 24.5 Å². The number of benzene rings is 1. The standard InChI is InChI=1S/C13H12F6N2O5/c14-12(15,16)10(13(17,18)19)11(24)20-8(5-22)9(23)6-1-3-7(4-2-6)21(25)26/h1-4,8-10,22-23H,5H2,(H,20,24)/t8-,9?/m1/s1. The number of nitro benzene ring substituents is 1. The van der Waals surface area contributed by atoms with E-state index in [0.717, 1.165) is 24.3 Å². The Morgan fingerprint density at radius 3 is 1.92 bits per heavy atom. The van der Waals surface area contributed by atoms with Gasteiger partial charge >= 0.3 is 12.4 Å². The van der Waals surface area contributed by atoms with Crippen molar-refractivity contribution in [1.82, 2.24) is 5.32 Å². The number of rotatable bonds is 6. The number of nitrogens with one attached hydrogen (secondary N) is 1. The van der Waals surface area contributed by atoms with E-state index in [4.69, 9.17) is 5.11 Å². The monoisotopic (exact) mass is 390 g/mol. The van der Waals surface area contributed by atoms with E-state index in [0.29, 0.717) is 0 Å². The number of nitrogens with zero attached hydrogens (tertiary/aromatic N) is 1. The highest BCUT2D eigenvalue weighted by atomic mass is 19.4. The minimum Gasteiger partial charge on any atom is -0.394 e. The van der Waals surface area contributed by atoms with E-state index in [1.807, 2.05) is 0 Å². The van der Waals surface area contributed by atoms with Crippen LogP contribution in [0.25, 0.3) is 0 Å². The fraction of sp³-hybridized carbons (Fsp3) is 0.462. The molecule has 1 unspecified atom stereocenters. The van der Waals surface area contributed by atoms with E-state index in [1.165, 1.54) is 5.32 Å². The maximum atomic E-state index is 12.5. The van der Waals surface area contributed by atoms with Gasteiger partial charge < -0.3 is 15.5 Å². The Morgan fingerprint density at radius 2 is 1.58 bits per heavy atom. The lowest BCUT2D eigenvalue weighted by atomic mass is 10.0. The van der Waals surface area contributed by atoms with Crippen LogP contribution in [0.1, 0.15) is 11.7 Å². The van der Waals surface area contributed by atoms with Crippen molar-refractivity contribution in [3.63, 3.8) is 0 Å². The predicted molar refractivity (Wildman–Crippen MR) is 72.7 cm³/mol. The summed E-state index contributed by atoms with van der Waals surface area (Å²) >= 11 is 0. The zero-order chi connectivity index (χ0) is 20.3. The van der Waals surface area contributed by atoms with Gasteiger partial charge in [0.15, 0.2) is 0 Å². The SMILES string of the molecule is O=C(N[C@H](CO)C(O)c1ccc([N+](=O)[O-])cc1)C(C(F)(F)F)C(F)(F)F. The fourth-order valence-electron chi connectivity index (χ4n) is 2.00. The summed E-state index contributed by atoms with van der Waals surface area (Å²) in [6, 6.07) is 1.88. The Morgan fingerprint density at radius 1 is 1.12 bits per heavy atom. The molecule has 2 atom stereocenters. The number of non-ortho nitro benzene ring substituents is 1. The molecule has 7 nitrogen and oxygen atoms in total. The summed E-state index contributed by atoms with van der Waals surface area (Å²) < 4.78 is 75.0. The number of alkyl halides is 6. The highest BCUT2D eigenvalue weighted by molar-refractivity contribution is 5.80. The van der Waals surface area contributed by atoms with Gasteiger partial charge in [-0.3, -0.25) is 14.9 Å². The van der Waals surface area contributed by atoms with Gasteiger partial charge in [-0.1, -0.05) is 0 Å². The van der Waals surface area contributed by atoms with Crippen LogP contribution < -0.4 is 5.32 Å². The van der Waals surface area contributed by atoms with Crippen LogP contribution in [0.15, 0.2) is 24.3 Å². The molecule has 0 aliphatic rings. The highest BCUT2D eigenvalue weighted by Gasteiger charge is 2.61. The van der Waals surface area contributed by atoms with Crippen LogP contribution in [-0.2, 0) is 4.79 Å². The van der Waals surface area contributed by atoms with Crippen LogP contribution in [0.3, 0.4) is 0 Å². The molecule has 0 saturated carbocycles. The second-order valence-corrected chi connectivity index (χ2v) is 5.11. The highest BCUT2D eigenvalue weighted by Crippen LogP contribution is 2.39. The van der Waals surface area contributed by atoms with Gasteiger partial charge in [0.05, 0.1) is 17.6 Å². The van der Waals surface area contributed by atoms with E-state index in [-0.39, 0.29) is 11.3 Å². The number of carbonyl (C=O) groups excluding carboxylic acids is 1. The van der Waals surface area contributed by atoms with E-state index in [2.05, 4.69) is 0 Å². The average Bonchev–Trinajstić information content (AvgIpc) is 2.49. The van der Waals surface area contributed by atoms with Gasteiger partial charge in [-0.25, -0.2) is 0 Å². The largest absolute Gasteiger partial charge is 0.409 e. The lowest BCUT2D eigenvalue weighted by molar-refractivity contribution is -0.384. The third-order valence-electron chi connectivity index (χ3n) is 3.27. The quantitative estimate of drug-likeness (QED) is 0.390. The number of carbonyl (C=O) groups is 1. The molecule has 0 bridgehead atoms. The molecule has 3 N–H and O–H groups in total. The molecule has 0 heterocycles. The van der Waals surface area contributed by atoms with E-state index in [1.54, 1.807) is 0 Å². The smallest absolute Gasteiger partial charge is 0.394 e. The van der Waals surface area contributed by atoms with Crippen molar-refractivity contribution in [2.24, 2.45) is 5.92 Å². The molecule has 0 radical (unpaired) electrons. The van der Waals surface area contributed by atoms with Crippen molar-refractivity contribution in [2.75, 3.05) is 6.61 Å². The molecule has 1 amide bonds. The number of halogens is 6. The van der Waals surface area contributed by atoms with Gasteiger partial charge in [0.1, 0.15) is 6.10 Å². The Bertz CT molecular complexity index is 632. The van der Waals surface area contributed by atoms with Crippen molar-refractivity contribution in [1.29, 1.82) is 0 Å². The molecular weight excluding hydrogens is 378 g/mol. The van der Waals surface area contributed by atoms with Crippen molar-refractivity contribution in [3.05, 3.63) is 39.9 Å². The number of amides is 1. The average molecular weight is 390 g/mol. The fourth-order valence-corrected chi connectivity index (χ4v) is 2.00. The van der Waals surface area contributed by atoms with Crippen LogP contribution in [0, 0.1) is 16.0 Å². The molecule has 26 heavy (non-hydrogen) atoms. The molecule has 0 aromatic heterocycles. The molecule has 13 heteroatoms. The van der Waals surface area contributed by atoms with Gasteiger partial charge in [0.2, 0.25) is 11.8 Å². The number of aliphatic hydroxyl groups is 2. The summed E-state index contributed by atoms with van der Waals surface area (Å²) in [5.74, 6) is -6.84. The third-order valence-corrected chi connectivity index (χ3v) is 3.27. The zero-order valence-electron chi connectivity index (χ0n) is 12.6. The van der Waals surface area contributed by atoms with Crippen molar-refractivity contribution < 1.29 is 46.3 Å². The molecule has 1 aromatic carbocycles. The van der Waals surface area contributed by atoms with Crippen molar-refractivity contribution >= 4 is 11.6 Å². The maximum absolute atomic E-state index is 12.5. The first kappa shape index (κ1) is 21.6. The molecule has 1 aromatic rings. The first-order chi connectivity index (χ1) is 11.8. The summed E-state index contributed by atoms with van der Waals surface area (Å²) in [7, 11) is 0. The summed E-state index contributed by atoms with van der Waals surface area (Å²) in [4.78, 5) is 21.2. The van der Waals surface area contributed by atoms with Crippen LogP contribution in [0.5, 0.6) is 0 Å². The van der Waals surface area contributed by atoms with Gasteiger partial charge in [-0.15, -0.1) is 0 Å². The van der Waals surface area contributed by atoms with Crippen LogP contribution >= 0.6 is 0 Å². The summed E-state index contributed by atoms with van der Waals surface area (Å²) in [6.45, 7) is -1.19. The number of nitro groups is 1. The van der Waals surface area contributed by atoms with Crippen LogP contribution in [0.4, 0.5) is 32.0 Å². The van der Waals surface area contributed by atoms with Crippen LogP contribution in [-0.4, -0.2) is 46.0 Å². The number of hydrogen-bond acceptors (Lipinski definition) is 5.